The van der Waals surface area contributed by atoms with Gasteiger partial charge in [-0.05, 0) is 44.2 Å². The number of rotatable bonds is 6. The van der Waals surface area contributed by atoms with Gasteiger partial charge >= 0.3 is 6.18 Å². The number of ether oxygens (including phenoxy) is 1. The van der Waals surface area contributed by atoms with Crippen molar-refractivity contribution < 1.29 is 17.9 Å². The Labute approximate surface area is 184 Å². The molecule has 31 heavy (non-hydrogen) atoms. The number of nitrogens with one attached hydrogen (secondary N) is 1. The highest BCUT2D eigenvalue weighted by atomic mass is 35.5. The minimum atomic E-state index is -4.49. The molecular weight excluding hydrogens is 431 g/mol. The van der Waals surface area contributed by atoms with E-state index in [-0.39, 0.29) is 18.3 Å². The molecule has 0 aliphatic carbocycles. The summed E-state index contributed by atoms with van der Waals surface area (Å²) < 4.78 is 45.3. The van der Waals surface area contributed by atoms with Crippen LogP contribution in [-0.2, 0) is 12.7 Å². The molecule has 0 fully saturated rings. The summed E-state index contributed by atoms with van der Waals surface area (Å²) >= 11 is 6.23. The molecule has 0 radical (unpaired) electrons. The van der Waals surface area contributed by atoms with Crippen molar-refractivity contribution in [1.29, 1.82) is 0 Å². The van der Waals surface area contributed by atoms with Gasteiger partial charge in [0.1, 0.15) is 17.1 Å². The maximum absolute atomic E-state index is 12.7. The molecule has 0 amide bonds. The van der Waals surface area contributed by atoms with E-state index >= 15 is 0 Å². The van der Waals surface area contributed by atoms with Gasteiger partial charge < -0.3 is 10.1 Å². The Bertz CT molecular complexity index is 976. The molecule has 1 N–H and O–H groups in total. The van der Waals surface area contributed by atoms with Gasteiger partial charge in [-0.15, -0.1) is 5.10 Å². The van der Waals surface area contributed by atoms with E-state index in [9.17, 15) is 13.2 Å². The second-order valence-electron chi connectivity index (χ2n) is 6.92. The summed E-state index contributed by atoms with van der Waals surface area (Å²) in [6.45, 7) is 8.26. The summed E-state index contributed by atoms with van der Waals surface area (Å²) in [6, 6.07) is 7.62. The molecule has 2 heterocycles. The maximum atomic E-state index is 12.7. The van der Waals surface area contributed by atoms with E-state index < -0.39 is 11.9 Å². The SMILES string of the molecule is CC(C)Oc1ccc(-n2cc(CNc3ccnc(C(F)(F)F)c3)nn2)cc1Cl.CCC. The van der Waals surface area contributed by atoms with Crippen molar-refractivity contribution >= 4 is 17.3 Å². The highest BCUT2D eigenvalue weighted by Gasteiger charge is 2.32. The number of benzene rings is 1. The summed E-state index contributed by atoms with van der Waals surface area (Å²) in [7, 11) is 0. The van der Waals surface area contributed by atoms with Crippen LogP contribution in [0.3, 0.4) is 0 Å². The van der Waals surface area contributed by atoms with Crippen molar-refractivity contribution in [3.8, 4) is 11.4 Å². The van der Waals surface area contributed by atoms with E-state index in [0.717, 1.165) is 12.3 Å². The first-order valence-electron chi connectivity index (χ1n) is 9.79. The van der Waals surface area contributed by atoms with Gasteiger partial charge in [-0.1, -0.05) is 37.1 Å². The normalized spacial score (nSPS) is 11.1. The zero-order valence-electron chi connectivity index (χ0n) is 17.7. The fourth-order valence-electron chi connectivity index (χ4n) is 2.38. The van der Waals surface area contributed by atoms with Crippen LogP contribution in [0.4, 0.5) is 18.9 Å². The van der Waals surface area contributed by atoms with Crippen LogP contribution in [0.15, 0.2) is 42.7 Å². The van der Waals surface area contributed by atoms with Crippen LogP contribution in [0.25, 0.3) is 5.69 Å². The number of hydrogen-bond donors (Lipinski definition) is 1. The van der Waals surface area contributed by atoms with E-state index in [1.165, 1.54) is 17.2 Å². The van der Waals surface area contributed by atoms with Gasteiger partial charge in [0.15, 0.2) is 0 Å². The fraction of sp³-hybridized carbons (Fsp3) is 0.381. The molecule has 0 saturated carbocycles. The van der Waals surface area contributed by atoms with Crippen LogP contribution in [0.1, 0.15) is 45.5 Å². The predicted octanol–water partition coefficient (Wildman–Crippen LogP) is 6.15. The molecule has 0 atom stereocenters. The molecule has 0 saturated heterocycles. The predicted molar refractivity (Wildman–Crippen MR) is 115 cm³/mol. The second-order valence-corrected chi connectivity index (χ2v) is 7.33. The molecule has 10 heteroatoms. The van der Waals surface area contributed by atoms with Gasteiger partial charge in [0.2, 0.25) is 0 Å². The third-order valence-corrected chi connectivity index (χ3v) is 3.90. The summed E-state index contributed by atoms with van der Waals surface area (Å²) in [4.78, 5) is 3.32. The number of alkyl halides is 3. The van der Waals surface area contributed by atoms with Gasteiger partial charge in [0.05, 0.1) is 29.6 Å². The van der Waals surface area contributed by atoms with Crippen molar-refractivity contribution in [2.45, 2.75) is 52.9 Å². The van der Waals surface area contributed by atoms with Crippen LogP contribution in [-0.4, -0.2) is 26.1 Å². The number of hydrogen-bond acceptors (Lipinski definition) is 5. The summed E-state index contributed by atoms with van der Waals surface area (Å²) in [6.07, 6.45) is -0.484. The van der Waals surface area contributed by atoms with Crippen molar-refractivity contribution in [1.82, 2.24) is 20.0 Å². The highest BCUT2D eigenvalue weighted by Crippen LogP contribution is 2.29. The minimum Gasteiger partial charge on any atom is -0.489 e. The molecule has 1 aromatic carbocycles. The lowest BCUT2D eigenvalue weighted by molar-refractivity contribution is -0.141. The molecule has 168 valence electrons. The van der Waals surface area contributed by atoms with E-state index in [2.05, 4.69) is 34.5 Å². The maximum Gasteiger partial charge on any atom is 0.433 e. The van der Waals surface area contributed by atoms with Crippen molar-refractivity contribution in [3.05, 3.63) is 59.1 Å². The fourth-order valence-corrected chi connectivity index (χ4v) is 2.59. The quantitative estimate of drug-likeness (QED) is 0.483. The summed E-state index contributed by atoms with van der Waals surface area (Å²) in [5.74, 6) is 0.570. The average molecular weight is 456 g/mol. The third kappa shape index (κ3) is 7.43. The van der Waals surface area contributed by atoms with Gasteiger partial charge in [0, 0.05) is 11.9 Å². The van der Waals surface area contributed by atoms with Gasteiger partial charge in [-0.3, -0.25) is 4.98 Å². The topological polar surface area (TPSA) is 64.9 Å². The van der Waals surface area contributed by atoms with Crippen molar-refractivity contribution in [2.75, 3.05) is 5.32 Å². The number of halogens is 4. The first-order valence-corrected chi connectivity index (χ1v) is 10.2. The lowest BCUT2D eigenvalue weighted by Gasteiger charge is -2.12. The van der Waals surface area contributed by atoms with Gasteiger partial charge in [0.25, 0.3) is 0 Å². The van der Waals surface area contributed by atoms with Crippen molar-refractivity contribution in [2.24, 2.45) is 0 Å². The van der Waals surface area contributed by atoms with Crippen LogP contribution in [0.2, 0.25) is 5.02 Å². The summed E-state index contributed by atoms with van der Waals surface area (Å²) in [5, 5.41) is 11.4. The van der Waals surface area contributed by atoms with Gasteiger partial charge in [-0.2, -0.15) is 13.2 Å². The van der Waals surface area contributed by atoms with E-state index in [4.69, 9.17) is 16.3 Å². The minimum absolute atomic E-state index is 0.00144. The lowest BCUT2D eigenvalue weighted by Crippen LogP contribution is -2.09. The second kappa shape index (κ2) is 11.0. The lowest BCUT2D eigenvalue weighted by atomic mass is 10.3. The Morgan fingerprint density at radius 1 is 1.16 bits per heavy atom. The molecule has 6 nitrogen and oxygen atoms in total. The Balaban J connectivity index is 0.00000107. The first kappa shape index (κ1) is 24.5. The Kier molecular flexibility index (Phi) is 8.67. The molecule has 0 unspecified atom stereocenters. The molecule has 2 aromatic heterocycles. The third-order valence-electron chi connectivity index (χ3n) is 3.61. The Morgan fingerprint density at radius 3 is 2.48 bits per heavy atom. The van der Waals surface area contributed by atoms with Crippen molar-refractivity contribution in [3.63, 3.8) is 0 Å². The van der Waals surface area contributed by atoms with Crippen LogP contribution >= 0.6 is 11.6 Å². The molecular formula is C21H25ClF3N5O. The van der Waals surface area contributed by atoms with E-state index in [0.29, 0.717) is 22.2 Å². The first-order chi connectivity index (χ1) is 14.6. The summed E-state index contributed by atoms with van der Waals surface area (Å²) in [5.41, 5.74) is 0.557. The molecule has 3 rings (SSSR count). The number of aromatic nitrogens is 4. The number of pyridine rings is 1. The average Bonchev–Trinajstić information content (AvgIpc) is 3.17. The molecule has 0 aliphatic heterocycles. The largest absolute Gasteiger partial charge is 0.489 e. The van der Waals surface area contributed by atoms with E-state index in [1.54, 1.807) is 24.4 Å². The zero-order valence-corrected chi connectivity index (χ0v) is 18.5. The standard InChI is InChI=1S/C18H17ClF3N5O.C3H8/c1-11(2)28-16-4-3-14(8-15(16)19)27-10-13(25-26-27)9-24-12-5-6-23-17(7-12)18(20,21)22;1-3-2/h3-8,10-11H,9H2,1-2H3,(H,23,24);3H2,1-2H3. The van der Waals surface area contributed by atoms with Gasteiger partial charge in [-0.25, -0.2) is 4.68 Å². The highest BCUT2D eigenvalue weighted by molar-refractivity contribution is 6.32. The number of anilines is 1. The zero-order chi connectivity index (χ0) is 23.0. The number of nitrogens with zero attached hydrogens (tertiary/aromatic N) is 4. The molecule has 0 spiro atoms. The van der Waals surface area contributed by atoms with Crippen LogP contribution in [0.5, 0.6) is 5.75 Å². The van der Waals surface area contributed by atoms with E-state index in [1.807, 2.05) is 13.8 Å². The smallest absolute Gasteiger partial charge is 0.433 e. The molecule has 3 aromatic rings. The monoisotopic (exact) mass is 455 g/mol. The van der Waals surface area contributed by atoms with Crippen LogP contribution < -0.4 is 10.1 Å². The molecule has 0 aliphatic rings. The van der Waals surface area contributed by atoms with Crippen LogP contribution in [0, 0.1) is 0 Å². The molecule has 0 bridgehead atoms. The Morgan fingerprint density at radius 2 is 1.87 bits per heavy atom. The Hall–Kier alpha value is -2.81.